The molecule has 1 N–H and O–H groups in total. The summed E-state index contributed by atoms with van der Waals surface area (Å²) in [5.41, 5.74) is 3.05. The highest BCUT2D eigenvalue weighted by Crippen LogP contribution is 2.27. The lowest BCUT2D eigenvalue weighted by molar-refractivity contribution is -0.130. The molecule has 0 saturated heterocycles. The molecule has 84 valence electrons. The molecule has 0 amide bonds. The van der Waals surface area contributed by atoms with Crippen LogP contribution < -0.4 is 5.32 Å². The Balaban J connectivity index is 2.06. The van der Waals surface area contributed by atoms with Crippen LogP contribution in [0.5, 0.6) is 0 Å². The Kier molecular flexibility index (Phi) is 2.08. The molecule has 3 rings (SSSR count). The summed E-state index contributed by atoms with van der Waals surface area (Å²) in [6, 6.07) is 7.86. The summed E-state index contributed by atoms with van der Waals surface area (Å²) < 4.78 is 4.89. The van der Waals surface area contributed by atoms with E-state index in [1.165, 1.54) is 0 Å². The number of nitrogens with zero attached hydrogens (tertiary/aromatic N) is 1. The van der Waals surface area contributed by atoms with E-state index < -0.39 is 5.97 Å². The second kappa shape index (κ2) is 3.59. The number of aliphatic imine (C=N–C) groups is 1. The van der Waals surface area contributed by atoms with Gasteiger partial charge < -0.3 is 10.1 Å². The number of rotatable bonds is 0. The van der Waals surface area contributed by atoms with Gasteiger partial charge in [-0.3, -0.25) is 0 Å². The highest BCUT2D eigenvalue weighted by Gasteiger charge is 2.24. The average molecular weight is 226 g/mol. The van der Waals surface area contributed by atoms with Gasteiger partial charge in [-0.15, -0.1) is 0 Å². The number of allylic oxidation sites excluding steroid dienone is 1. The van der Waals surface area contributed by atoms with E-state index in [-0.39, 0.29) is 0 Å². The molecular formula is C13H10N2O2. The smallest absolute Gasteiger partial charge is 0.365 e. The van der Waals surface area contributed by atoms with Crippen molar-refractivity contribution < 1.29 is 9.53 Å². The Hall–Kier alpha value is -2.36. The number of nitrogens with one attached hydrogen (secondary N) is 1. The molecular weight excluding hydrogens is 216 g/mol. The number of carbonyl (C=O) groups excluding carboxylic acids is 1. The number of fused-ring (bicyclic) bond motifs is 1. The number of esters is 1. The van der Waals surface area contributed by atoms with Gasteiger partial charge in [-0.25, -0.2) is 9.79 Å². The first-order chi connectivity index (χ1) is 8.24. The van der Waals surface area contributed by atoms with Crippen molar-refractivity contribution in [1.82, 2.24) is 0 Å². The van der Waals surface area contributed by atoms with E-state index in [0.717, 1.165) is 11.3 Å². The maximum atomic E-state index is 11.5. The van der Waals surface area contributed by atoms with Gasteiger partial charge in [0.2, 0.25) is 0 Å². The average Bonchev–Trinajstić information content (AvgIpc) is 2.68. The Bertz CT molecular complexity index is 597. The van der Waals surface area contributed by atoms with Crippen molar-refractivity contribution in [2.45, 2.75) is 6.92 Å². The monoisotopic (exact) mass is 226 g/mol. The highest BCUT2D eigenvalue weighted by molar-refractivity contribution is 6.05. The second-order valence-corrected chi connectivity index (χ2v) is 3.83. The third kappa shape index (κ3) is 1.63. The van der Waals surface area contributed by atoms with Gasteiger partial charge in [0.1, 0.15) is 0 Å². The van der Waals surface area contributed by atoms with Gasteiger partial charge in [0, 0.05) is 12.6 Å². The zero-order chi connectivity index (χ0) is 11.8. The van der Waals surface area contributed by atoms with Crippen molar-refractivity contribution in [1.29, 1.82) is 0 Å². The number of hydrogen-bond donors (Lipinski definition) is 1. The fourth-order valence-corrected chi connectivity index (χ4v) is 1.83. The predicted molar refractivity (Wildman–Crippen MR) is 65.3 cm³/mol. The SMILES string of the molecule is CC1=N/C(=C2/C=Cc3ccccc3N2)C(=O)O1. The summed E-state index contributed by atoms with van der Waals surface area (Å²) in [5, 5.41) is 3.17. The van der Waals surface area contributed by atoms with E-state index >= 15 is 0 Å². The van der Waals surface area contributed by atoms with Crippen molar-refractivity contribution in [3.8, 4) is 0 Å². The molecule has 4 nitrogen and oxygen atoms in total. The molecule has 0 bridgehead atoms. The first-order valence-electron chi connectivity index (χ1n) is 5.30. The molecule has 0 radical (unpaired) electrons. The molecule has 0 spiro atoms. The summed E-state index contributed by atoms with van der Waals surface area (Å²) in [4.78, 5) is 15.6. The quantitative estimate of drug-likeness (QED) is 0.545. The van der Waals surface area contributed by atoms with Crippen molar-refractivity contribution in [2.24, 2.45) is 4.99 Å². The molecule has 1 aromatic carbocycles. The van der Waals surface area contributed by atoms with Crippen LogP contribution in [0, 0.1) is 0 Å². The van der Waals surface area contributed by atoms with Crippen LogP contribution in [-0.2, 0) is 9.53 Å². The maximum Gasteiger partial charge on any atom is 0.365 e. The van der Waals surface area contributed by atoms with Gasteiger partial charge in [0.25, 0.3) is 0 Å². The highest BCUT2D eigenvalue weighted by atomic mass is 16.6. The van der Waals surface area contributed by atoms with Gasteiger partial charge in [0.05, 0.1) is 5.70 Å². The molecule has 17 heavy (non-hydrogen) atoms. The number of carbonyl (C=O) groups is 1. The van der Waals surface area contributed by atoms with Crippen LogP contribution in [0.1, 0.15) is 12.5 Å². The minimum Gasteiger partial charge on any atom is -0.407 e. The molecule has 2 heterocycles. The first-order valence-corrected chi connectivity index (χ1v) is 5.30. The number of cyclic esters (lactones) is 1. The summed E-state index contributed by atoms with van der Waals surface area (Å²) in [5.74, 6) is -0.0272. The van der Waals surface area contributed by atoms with Crippen LogP contribution in [0.2, 0.25) is 0 Å². The van der Waals surface area contributed by atoms with Crippen LogP contribution in [0.4, 0.5) is 5.69 Å². The van der Waals surface area contributed by atoms with Crippen molar-refractivity contribution in [3.63, 3.8) is 0 Å². The number of para-hydroxylation sites is 1. The molecule has 0 atom stereocenters. The normalized spacial score (nSPS) is 21.7. The van der Waals surface area contributed by atoms with E-state index in [1.807, 2.05) is 36.4 Å². The summed E-state index contributed by atoms with van der Waals surface area (Å²) in [6.07, 6.45) is 3.78. The Morgan fingerprint density at radius 3 is 2.82 bits per heavy atom. The Labute approximate surface area is 98.3 Å². The molecule has 0 aliphatic carbocycles. The standard InChI is InChI=1S/C13H10N2O2/c1-8-14-12(13(16)17-8)11-7-6-9-4-2-3-5-10(9)15-11/h2-7,15H,1H3/b12-11-. The van der Waals surface area contributed by atoms with Gasteiger partial charge in [-0.05, 0) is 17.7 Å². The van der Waals surface area contributed by atoms with Crippen LogP contribution in [0.25, 0.3) is 6.08 Å². The van der Waals surface area contributed by atoms with E-state index in [0.29, 0.717) is 17.3 Å². The third-order valence-corrected chi connectivity index (χ3v) is 2.62. The molecule has 0 aromatic heterocycles. The number of hydrogen-bond acceptors (Lipinski definition) is 4. The molecule has 2 aliphatic rings. The second-order valence-electron chi connectivity index (χ2n) is 3.83. The van der Waals surface area contributed by atoms with E-state index in [2.05, 4.69) is 10.3 Å². The minimum absolute atomic E-state index is 0.327. The zero-order valence-electron chi connectivity index (χ0n) is 9.23. The van der Waals surface area contributed by atoms with Crippen molar-refractivity contribution in [2.75, 3.05) is 5.32 Å². The number of anilines is 1. The molecule has 0 fully saturated rings. The lowest BCUT2D eigenvalue weighted by atomic mass is 10.1. The third-order valence-electron chi connectivity index (χ3n) is 2.62. The van der Waals surface area contributed by atoms with Crippen molar-refractivity contribution in [3.05, 3.63) is 47.3 Å². The molecule has 0 saturated carbocycles. The first kappa shape index (κ1) is 9.84. The molecule has 4 heteroatoms. The lowest BCUT2D eigenvalue weighted by Crippen LogP contribution is -2.09. The van der Waals surface area contributed by atoms with Crippen LogP contribution in [0.15, 0.2) is 46.7 Å². The van der Waals surface area contributed by atoms with Crippen molar-refractivity contribution >= 4 is 23.6 Å². The fourth-order valence-electron chi connectivity index (χ4n) is 1.83. The van der Waals surface area contributed by atoms with E-state index in [4.69, 9.17) is 4.74 Å². The van der Waals surface area contributed by atoms with Gasteiger partial charge in [0.15, 0.2) is 11.6 Å². The summed E-state index contributed by atoms with van der Waals surface area (Å²) in [7, 11) is 0. The zero-order valence-corrected chi connectivity index (χ0v) is 9.23. The van der Waals surface area contributed by atoms with Crippen LogP contribution >= 0.6 is 0 Å². The summed E-state index contributed by atoms with van der Waals surface area (Å²) >= 11 is 0. The summed E-state index contributed by atoms with van der Waals surface area (Å²) in [6.45, 7) is 1.66. The van der Waals surface area contributed by atoms with E-state index in [1.54, 1.807) is 6.92 Å². The predicted octanol–water partition coefficient (Wildman–Crippen LogP) is 2.31. The Morgan fingerprint density at radius 2 is 2.06 bits per heavy atom. The molecule has 0 unspecified atom stereocenters. The largest absolute Gasteiger partial charge is 0.407 e. The van der Waals surface area contributed by atoms with Gasteiger partial charge >= 0.3 is 5.97 Å². The number of ether oxygens (including phenoxy) is 1. The minimum atomic E-state index is -0.408. The fraction of sp³-hybridized carbons (Fsp3) is 0.0769. The topological polar surface area (TPSA) is 50.7 Å². The van der Waals surface area contributed by atoms with Crippen LogP contribution in [0.3, 0.4) is 0 Å². The van der Waals surface area contributed by atoms with Crippen LogP contribution in [-0.4, -0.2) is 11.9 Å². The lowest BCUT2D eigenvalue weighted by Gasteiger charge is -2.15. The Morgan fingerprint density at radius 1 is 1.24 bits per heavy atom. The van der Waals surface area contributed by atoms with E-state index in [9.17, 15) is 4.79 Å². The maximum absolute atomic E-state index is 11.5. The molecule has 2 aliphatic heterocycles. The van der Waals surface area contributed by atoms with Gasteiger partial charge in [-0.1, -0.05) is 24.3 Å². The van der Waals surface area contributed by atoms with Gasteiger partial charge in [-0.2, -0.15) is 0 Å². The molecule has 1 aromatic rings. The number of benzene rings is 1.